The molecule has 1 nitrogen and oxygen atoms in total. The topological polar surface area (TPSA) is 17.1 Å². The van der Waals surface area contributed by atoms with Gasteiger partial charge in [0.1, 0.15) is 5.78 Å². The van der Waals surface area contributed by atoms with Crippen molar-refractivity contribution in [3.05, 3.63) is 33.9 Å². The van der Waals surface area contributed by atoms with Gasteiger partial charge in [0.15, 0.2) is 0 Å². The zero-order valence-electron chi connectivity index (χ0n) is 11.1. The lowest BCUT2D eigenvalue weighted by molar-refractivity contribution is -0.118. The van der Waals surface area contributed by atoms with Gasteiger partial charge in [-0.05, 0) is 61.9 Å². The van der Waals surface area contributed by atoms with Crippen LogP contribution in [0.2, 0.25) is 0 Å². The molecule has 0 aliphatic carbocycles. The smallest absolute Gasteiger partial charge is 0.132 e. The fraction of sp³-hybridized carbons (Fsp3) is 0.533. The Morgan fingerprint density at radius 1 is 1.06 bits per heavy atom. The molecule has 1 aromatic carbocycles. The van der Waals surface area contributed by atoms with Crippen LogP contribution in [0.3, 0.4) is 0 Å². The summed E-state index contributed by atoms with van der Waals surface area (Å²) in [7, 11) is 0. The fourth-order valence-corrected chi connectivity index (χ4v) is 2.11. The summed E-state index contributed by atoms with van der Waals surface area (Å²) < 4.78 is 0. The summed E-state index contributed by atoms with van der Waals surface area (Å²) in [6, 6.07) is 2.23. The van der Waals surface area contributed by atoms with Crippen LogP contribution in [0.1, 0.15) is 47.6 Å². The predicted octanol–water partition coefficient (Wildman–Crippen LogP) is 3.83. The zero-order chi connectivity index (χ0) is 12.3. The van der Waals surface area contributed by atoms with Gasteiger partial charge in [-0.1, -0.05) is 13.0 Å². The first-order chi connectivity index (χ1) is 7.47. The first kappa shape index (κ1) is 13.0. The molecule has 0 aliphatic rings. The lowest BCUT2D eigenvalue weighted by atomic mass is 9.91. The maximum atomic E-state index is 11.4. The van der Waals surface area contributed by atoms with Crippen LogP contribution in [0.5, 0.6) is 0 Å². The molecule has 0 unspecified atom stereocenters. The largest absolute Gasteiger partial charge is 0.300 e. The highest BCUT2D eigenvalue weighted by atomic mass is 16.1. The number of carbonyl (C=O) groups is 1. The molecule has 0 aromatic heterocycles. The Bertz CT molecular complexity index is 376. The van der Waals surface area contributed by atoms with E-state index in [0.717, 1.165) is 6.42 Å². The van der Waals surface area contributed by atoms with Crippen molar-refractivity contribution in [2.75, 3.05) is 0 Å². The van der Waals surface area contributed by atoms with E-state index >= 15 is 0 Å². The molecule has 0 atom stereocenters. The molecule has 0 bridgehead atoms. The van der Waals surface area contributed by atoms with Crippen molar-refractivity contribution >= 4 is 5.78 Å². The number of aryl methyl sites for hydroxylation is 2. The van der Waals surface area contributed by atoms with Crippen LogP contribution in [-0.4, -0.2) is 5.78 Å². The molecule has 0 heterocycles. The fourth-order valence-electron chi connectivity index (χ4n) is 2.11. The number of Topliss-reactive ketones (excluding diaryl/α,β-unsaturated/α-hetero) is 1. The summed E-state index contributed by atoms with van der Waals surface area (Å²) in [4.78, 5) is 11.4. The quantitative estimate of drug-likeness (QED) is 0.750. The van der Waals surface area contributed by atoms with E-state index in [1.165, 1.54) is 27.8 Å². The molecule has 0 saturated heterocycles. The highest BCUT2D eigenvalue weighted by Crippen LogP contribution is 2.23. The molecule has 0 radical (unpaired) electrons. The summed E-state index contributed by atoms with van der Waals surface area (Å²) in [5.74, 6) is 0.359. The highest BCUT2D eigenvalue weighted by molar-refractivity contribution is 5.78. The Kier molecular flexibility index (Phi) is 4.28. The molecule has 16 heavy (non-hydrogen) atoms. The Morgan fingerprint density at radius 2 is 1.56 bits per heavy atom. The maximum Gasteiger partial charge on any atom is 0.132 e. The minimum Gasteiger partial charge on any atom is -0.300 e. The van der Waals surface area contributed by atoms with Gasteiger partial charge in [0, 0.05) is 12.8 Å². The second-order valence-electron chi connectivity index (χ2n) is 4.63. The van der Waals surface area contributed by atoms with Gasteiger partial charge in [0.25, 0.3) is 0 Å². The average Bonchev–Trinajstić information content (AvgIpc) is 2.26. The van der Waals surface area contributed by atoms with E-state index in [0.29, 0.717) is 18.6 Å². The van der Waals surface area contributed by atoms with Crippen LogP contribution in [0.4, 0.5) is 0 Å². The summed E-state index contributed by atoms with van der Waals surface area (Å²) in [5, 5.41) is 0. The predicted molar refractivity (Wildman–Crippen MR) is 69.0 cm³/mol. The molecule has 0 N–H and O–H groups in total. The standard InChI is InChI=1S/C15H22O/c1-6-14(16)7-8-15-12(4)10(2)9-11(3)13(15)5/h9H,6-8H2,1-5H3. The number of hydrogen-bond acceptors (Lipinski definition) is 1. The van der Waals surface area contributed by atoms with Gasteiger partial charge in [-0.2, -0.15) is 0 Å². The van der Waals surface area contributed by atoms with E-state index in [-0.39, 0.29) is 0 Å². The Morgan fingerprint density at radius 3 is 2.00 bits per heavy atom. The van der Waals surface area contributed by atoms with Crippen LogP contribution in [0.25, 0.3) is 0 Å². The van der Waals surface area contributed by atoms with E-state index in [2.05, 4.69) is 33.8 Å². The molecular weight excluding hydrogens is 196 g/mol. The SMILES string of the molecule is CCC(=O)CCc1c(C)c(C)cc(C)c1C. The van der Waals surface area contributed by atoms with Gasteiger partial charge < -0.3 is 0 Å². The molecule has 0 saturated carbocycles. The van der Waals surface area contributed by atoms with E-state index < -0.39 is 0 Å². The second kappa shape index (κ2) is 5.29. The van der Waals surface area contributed by atoms with E-state index in [1.54, 1.807) is 0 Å². The van der Waals surface area contributed by atoms with Crippen molar-refractivity contribution in [2.45, 2.75) is 53.9 Å². The third-order valence-corrected chi connectivity index (χ3v) is 3.57. The van der Waals surface area contributed by atoms with Crippen molar-refractivity contribution in [3.63, 3.8) is 0 Å². The molecule has 0 fully saturated rings. The van der Waals surface area contributed by atoms with Gasteiger partial charge in [-0.15, -0.1) is 0 Å². The third-order valence-electron chi connectivity index (χ3n) is 3.57. The molecule has 1 heteroatoms. The van der Waals surface area contributed by atoms with Crippen molar-refractivity contribution < 1.29 is 4.79 Å². The van der Waals surface area contributed by atoms with E-state index in [9.17, 15) is 4.79 Å². The second-order valence-corrected chi connectivity index (χ2v) is 4.63. The molecule has 1 rings (SSSR count). The van der Waals surface area contributed by atoms with Crippen LogP contribution < -0.4 is 0 Å². The van der Waals surface area contributed by atoms with Crippen molar-refractivity contribution in [2.24, 2.45) is 0 Å². The van der Waals surface area contributed by atoms with Crippen molar-refractivity contribution in [1.29, 1.82) is 0 Å². The van der Waals surface area contributed by atoms with E-state index in [1.807, 2.05) is 6.92 Å². The number of hydrogen-bond donors (Lipinski definition) is 0. The molecule has 88 valence electrons. The van der Waals surface area contributed by atoms with Gasteiger partial charge >= 0.3 is 0 Å². The minimum absolute atomic E-state index is 0.359. The molecular formula is C15H22O. The van der Waals surface area contributed by atoms with Gasteiger partial charge in [0.2, 0.25) is 0 Å². The summed E-state index contributed by atoms with van der Waals surface area (Å²) in [6.07, 6.45) is 2.23. The Labute approximate surface area is 98.9 Å². The third kappa shape index (κ3) is 2.72. The number of ketones is 1. The first-order valence-electron chi connectivity index (χ1n) is 6.05. The lowest BCUT2D eigenvalue weighted by Gasteiger charge is -2.14. The summed E-state index contributed by atoms with van der Waals surface area (Å²) >= 11 is 0. The summed E-state index contributed by atoms with van der Waals surface area (Å²) in [6.45, 7) is 10.5. The van der Waals surface area contributed by atoms with Crippen molar-refractivity contribution in [3.8, 4) is 0 Å². The highest BCUT2D eigenvalue weighted by Gasteiger charge is 2.09. The van der Waals surface area contributed by atoms with Gasteiger partial charge in [-0.25, -0.2) is 0 Å². The Hall–Kier alpha value is -1.11. The van der Waals surface area contributed by atoms with Gasteiger partial charge in [0.05, 0.1) is 0 Å². The maximum absolute atomic E-state index is 11.4. The zero-order valence-corrected chi connectivity index (χ0v) is 11.1. The minimum atomic E-state index is 0.359. The lowest BCUT2D eigenvalue weighted by Crippen LogP contribution is -2.03. The number of benzene rings is 1. The monoisotopic (exact) mass is 218 g/mol. The molecule has 0 aliphatic heterocycles. The average molecular weight is 218 g/mol. The van der Waals surface area contributed by atoms with Crippen LogP contribution in [0.15, 0.2) is 6.07 Å². The van der Waals surface area contributed by atoms with Crippen LogP contribution in [0, 0.1) is 27.7 Å². The normalized spacial score (nSPS) is 10.6. The van der Waals surface area contributed by atoms with Crippen LogP contribution >= 0.6 is 0 Å². The molecule has 1 aromatic rings. The van der Waals surface area contributed by atoms with Crippen LogP contribution in [-0.2, 0) is 11.2 Å². The summed E-state index contributed by atoms with van der Waals surface area (Å²) in [5.41, 5.74) is 6.75. The Balaban J connectivity index is 2.99. The molecule has 0 amide bonds. The van der Waals surface area contributed by atoms with Gasteiger partial charge in [-0.3, -0.25) is 4.79 Å². The molecule has 0 spiro atoms. The van der Waals surface area contributed by atoms with Crippen molar-refractivity contribution in [1.82, 2.24) is 0 Å². The first-order valence-corrected chi connectivity index (χ1v) is 6.05. The number of rotatable bonds is 4. The number of carbonyl (C=O) groups excluding carboxylic acids is 1. The van der Waals surface area contributed by atoms with E-state index in [4.69, 9.17) is 0 Å².